The van der Waals surface area contributed by atoms with Crippen molar-refractivity contribution in [2.24, 2.45) is 0 Å². The van der Waals surface area contributed by atoms with Crippen molar-refractivity contribution in [1.82, 2.24) is 0 Å². The van der Waals surface area contributed by atoms with E-state index in [1.165, 1.54) is 0 Å². The Morgan fingerprint density at radius 2 is 1.54 bits per heavy atom. The third-order valence-electron chi connectivity index (χ3n) is 4.26. The highest BCUT2D eigenvalue weighted by Gasteiger charge is 2.34. The second-order valence-electron chi connectivity index (χ2n) is 6.61. The largest absolute Gasteiger partial charge is 0.471 e. The molecule has 1 heterocycles. The predicted molar refractivity (Wildman–Crippen MR) is 92.9 cm³/mol. The van der Waals surface area contributed by atoms with Crippen LogP contribution in [-0.2, 0) is 0 Å². The van der Waals surface area contributed by atoms with Gasteiger partial charge in [-0.05, 0) is 17.9 Å². The van der Waals surface area contributed by atoms with E-state index in [4.69, 9.17) is 4.42 Å². The van der Waals surface area contributed by atoms with Gasteiger partial charge in [-0.15, -0.1) is 4.57 Å². The predicted octanol–water partition coefficient (Wildman–Crippen LogP) is 4.65. The SMILES string of the molecule is CC(C)c1cccc(C(C)C)c1-[n+]1c(C(=O)O)oc2ccccc21. The Hall–Kier alpha value is -2.62. The van der Waals surface area contributed by atoms with Crippen LogP contribution in [0, 0.1) is 0 Å². The highest BCUT2D eigenvalue weighted by Crippen LogP contribution is 2.30. The average Bonchev–Trinajstić information content (AvgIpc) is 2.93. The zero-order valence-corrected chi connectivity index (χ0v) is 14.4. The molecule has 0 saturated carbocycles. The molecule has 24 heavy (non-hydrogen) atoms. The number of carbonyl (C=O) groups is 1. The van der Waals surface area contributed by atoms with Crippen molar-refractivity contribution >= 4 is 17.1 Å². The maximum absolute atomic E-state index is 11.8. The van der Waals surface area contributed by atoms with Crippen molar-refractivity contribution in [3.8, 4) is 5.69 Å². The van der Waals surface area contributed by atoms with E-state index in [0.29, 0.717) is 5.58 Å². The molecule has 0 saturated heterocycles. The Balaban J connectivity index is 2.47. The monoisotopic (exact) mass is 324 g/mol. The van der Waals surface area contributed by atoms with Crippen LogP contribution in [0.25, 0.3) is 16.8 Å². The number of aromatic carboxylic acids is 1. The lowest BCUT2D eigenvalue weighted by atomic mass is 9.92. The Labute approximate surface area is 141 Å². The van der Waals surface area contributed by atoms with Crippen LogP contribution in [0.3, 0.4) is 0 Å². The smallest absolute Gasteiger partial charge is 0.468 e. The van der Waals surface area contributed by atoms with Gasteiger partial charge < -0.3 is 9.52 Å². The van der Waals surface area contributed by atoms with E-state index in [0.717, 1.165) is 22.3 Å². The van der Waals surface area contributed by atoms with Crippen molar-refractivity contribution in [3.05, 3.63) is 59.5 Å². The van der Waals surface area contributed by atoms with E-state index in [9.17, 15) is 9.90 Å². The van der Waals surface area contributed by atoms with Gasteiger partial charge in [0, 0.05) is 17.2 Å². The number of hydrogen-bond acceptors (Lipinski definition) is 2. The molecule has 1 N–H and O–H groups in total. The zero-order chi connectivity index (χ0) is 17.4. The number of carboxylic acids is 1. The van der Waals surface area contributed by atoms with E-state index in [1.54, 1.807) is 10.6 Å². The first kappa shape index (κ1) is 16.2. The molecule has 1 aromatic heterocycles. The molecule has 4 nitrogen and oxygen atoms in total. The molecule has 0 radical (unpaired) electrons. The second kappa shape index (κ2) is 6.11. The van der Waals surface area contributed by atoms with Gasteiger partial charge in [-0.2, -0.15) is 0 Å². The first-order chi connectivity index (χ1) is 11.4. The Kier molecular flexibility index (Phi) is 4.14. The summed E-state index contributed by atoms with van der Waals surface area (Å²) in [7, 11) is 0. The van der Waals surface area contributed by atoms with E-state index in [-0.39, 0.29) is 17.7 Å². The van der Waals surface area contributed by atoms with E-state index in [1.807, 2.05) is 24.3 Å². The van der Waals surface area contributed by atoms with Gasteiger partial charge in [0.25, 0.3) is 5.52 Å². The second-order valence-corrected chi connectivity index (χ2v) is 6.61. The fourth-order valence-corrected chi connectivity index (χ4v) is 3.12. The lowest BCUT2D eigenvalue weighted by molar-refractivity contribution is -0.578. The van der Waals surface area contributed by atoms with Crippen molar-refractivity contribution in [2.75, 3.05) is 0 Å². The molecule has 0 spiro atoms. The number of aromatic nitrogens is 1. The lowest BCUT2D eigenvalue weighted by Crippen LogP contribution is -2.38. The summed E-state index contributed by atoms with van der Waals surface area (Å²) in [6.07, 6.45) is 0. The van der Waals surface area contributed by atoms with Gasteiger partial charge in [-0.1, -0.05) is 58.0 Å². The molecule has 0 atom stereocenters. The zero-order valence-electron chi connectivity index (χ0n) is 14.4. The summed E-state index contributed by atoms with van der Waals surface area (Å²) >= 11 is 0. The summed E-state index contributed by atoms with van der Waals surface area (Å²) in [5, 5.41) is 9.67. The number of fused-ring (bicyclic) bond motifs is 1. The Bertz CT molecular complexity index is 880. The van der Waals surface area contributed by atoms with Crippen LogP contribution in [0.4, 0.5) is 0 Å². The number of nitrogens with zero attached hydrogens (tertiary/aromatic N) is 1. The number of carboxylic acid groups (broad SMARTS) is 1. The van der Waals surface area contributed by atoms with Crippen LogP contribution >= 0.6 is 0 Å². The summed E-state index contributed by atoms with van der Waals surface area (Å²) in [6, 6.07) is 13.6. The van der Waals surface area contributed by atoms with Crippen LogP contribution in [0.5, 0.6) is 0 Å². The molecule has 0 aliphatic heterocycles. The number of oxazole rings is 1. The molecule has 0 unspecified atom stereocenters. The van der Waals surface area contributed by atoms with Gasteiger partial charge >= 0.3 is 11.9 Å². The highest BCUT2D eigenvalue weighted by molar-refractivity contribution is 5.84. The molecule has 124 valence electrons. The van der Waals surface area contributed by atoms with Crippen molar-refractivity contribution in [3.63, 3.8) is 0 Å². The summed E-state index contributed by atoms with van der Waals surface area (Å²) < 4.78 is 7.40. The quantitative estimate of drug-likeness (QED) is 0.710. The standard InChI is InChI=1S/C20H21NO3/c1-12(2)14-8-7-9-15(13(3)4)18(14)21-16-10-5-6-11-17(16)24-19(21)20(22)23/h5-13H,1-4H3/p+1. The molecular formula is C20H22NO3+. The fourth-order valence-electron chi connectivity index (χ4n) is 3.12. The molecule has 3 rings (SSSR count). The maximum atomic E-state index is 11.8. The summed E-state index contributed by atoms with van der Waals surface area (Å²) in [5.74, 6) is -0.603. The van der Waals surface area contributed by atoms with Crippen LogP contribution in [0.1, 0.15) is 61.3 Å². The molecule has 3 aromatic rings. The Morgan fingerprint density at radius 1 is 0.958 bits per heavy atom. The van der Waals surface area contributed by atoms with Crippen molar-refractivity contribution < 1.29 is 18.9 Å². The lowest BCUT2D eigenvalue weighted by Gasteiger charge is -2.14. The number of benzene rings is 2. The molecular weight excluding hydrogens is 302 g/mol. The van der Waals surface area contributed by atoms with E-state index >= 15 is 0 Å². The highest BCUT2D eigenvalue weighted by atomic mass is 16.4. The van der Waals surface area contributed by atoms with E-state index in [2.05, 4.69) is 39.8 Å². The topological polar surface area (TPSA) is 54.3 Å². The van der Waals surface area contributed by atoms with Crippen LogP contribution < -0.4 is 4.57 Å². The molecule has 2 aromatic carbocycles. The molecule has 4 heteroatoms. The fraction of sp³-hybridized carbons (Fsp3) is 0.300. The van der Waals surface area contributed by atoms with Gasteiger partial charge in [0.2, 0.25) is 11.3 Å². The van der Waals surface area contributed by atoms with Crippen molar-refractivity contribution in [1.29, 1.82) is 0 Å². The van der Waals surface area contributed by atoms with Crippen molar-refractivity contribution in [2.45, 2.75) is 39.5 Å². The van der Waals surface area contributed by atoms with Crippen LogP contribution in [0.2, 0.25) is 0 Å². The molecule has 0 aliphatic rings. The van der Waals surface area contributed by atoms with Crippen LogP contribution in [-0.4, -0.2) is 11.1 Å². The van der Waals surface area contributed by atoms with Gasteiger partial charge in [-0.25, -0.2) is 4.79 Å². The minimum Gasteiger partial charge on any atom is -0.471 e. The molecule has 0 aliphatic carbocycles. The summed E-state index contributed by atoms with van der Waals surface area (Å²) in [5.41, 5.74) is 4.48. The normalized spacial score (nSPS) is 11.6. The molecule has 0 fully saturated rings. The van der Waals surface area contributed by atoms with Gasteiger partial charge in [0.15, 0.2) is 0 Å². The summed E-state index contributed by atoms with van der Waals surface area (Å²) in [6.45, 7) is 8.47. The summed E-state index contributed by atoms with van der Waals surface area (Å²) in [4.78, 5) is 11.8. The Morgan fingerprint density at radius 3 is 2.08 bits per heavy atom. The first-order valence-corrected chi connectivity index (χ1v) is 8.21. The van der Waals surface area contributed by atoms with Crippen LogP contribution in [0.15, 0.2) is 46.9 Å². The number of para-hydroxylation sites is 3. The number of rotatable bonds is 4. The minimum absolute atomic E-state index is 0.0637. The van der Waals surface area contributed by atoms with E-state index < -0.39 is 5.97 Å². The maximum Gasteiger partial charge on any atom is 0.468 e. The minimum atomic E-state index is -1.07. The molecule has 0 amide bonds. The number of hydrogen-bond donors (Lipinski definition) is 1. The average molecular weight is 324 g/mol. The third kappa shape index (κ3) is 2.58. The first-order valence-electron chi connectivity index (χ1n) is 8.21. The van der Waals surface area contributed by atoms with Gasteiger partial charge in [-0.3, -0.25) is 0 Å². The third-order valence-corrected chi connectivity index (χ3v) is 4.26. The van der Waals surface area contributed by atoms with Gasteiger partial charge in [0.05, 0.1) is 0 Å². The molecule has 0 bridgehead atoms. The van der Waals surface area contributed by atoms with Gasteiger partial charge in [0.1, 0.15) is 0 Å².